The molecule has 1 heterocycles. The third-order valence-electron chi connectivity index (χ3n) is 4.27. The Morgan fingerprint density at radius 1 is 1.04 bits per heavy atom. The van der Waals surface area contributed by atoms with Crippen LogP contribution < -0.4 is 0 Å². The summed E-state index contributed by atoms with van der Waals surface area (Å²) in [6, 6.07) is 8.34. The van der Waals surface area contributed by atoms with Crippen LogP contribution in [0.25, 0.3) is 5.57 Å². The predicted octanol–water partition coefficient (Wildman–Crippen LogP) is 4.58. The molecule has 0 fully saturated rings. The summed E-state index contributed by atoms with van der Waals surface area (Å²) < 4.78 is 74.4. The van der Waals surface area contributed by atoms with Crippen LogP contribution in [0.3, 0.4) is 0 Å². The number of benzene rings is 1. The van der Waals surface area contributed by atoms with Crippen molar-refractivity contribution >= 4 is 15.4 Å². The molecule has 3 rings (SSSR count). The van der Waals surface area contributed by atoms with Gasteiger partial charge in [0.1, 0.15) is 12.4 Å². The maximum absolute atomic E-state index is 13.4. The van der Waals surface area contributed by atoms with Gasteiger partial charge in [-0.25, -0.2) is 12.8 Å². The Hall–Kier alpha value is -2.48. The van der Waals surface area contributed by atoms with Gasteiger partial charge in [-0.05, 0) is 34.9 Å². The Balaban J connectivity index is 1.92. The summed E-state index contributed by atoms with van der Waals surface area (Å²) in [4.78, 5) is 3.59. The highest BCUT2D eigenvalue weighted by molar-refractivity contribution is 7.90. The van der Waals surface area contributed by atoms with E-state index in [0.29, 0.717) is 16.7 Å². The molecule has 0 spiro atoms. The minimum atomic E-state index is -4.54. The average molecular weight is 397 g/mol. The van der Waals surface area contributed by atoms with Gasteiger partial charge in [-0.1, -0.05) is 30.4 Å². The first-order chi connectivity index (χ1) is 12.6. The lowest BCUT2D eigenvalue weighted by atomic mass is 10.00. The number of allylic oxidation sites excluding steroid dienone is 4. The fraction of sp³-hybridized carbons (Fsp3) is 0.211. The average Bonchev–Trinajstić information content (AvgIpc) is 3.05. The summed E-state index contributed by atoms with van der Waals surface area (Å²) in [6.07, 6.45) is 1.05. The van der Waals surface area contributed by atoms with E-state index in [4.69, 9.17) is 0 Å². The number of hydrogen-bond acceptors (Lipinski definition) is 3. The smallest absolute Gasteiger partial charge is 0.251 e. The molecule has 0 N–H and O–H groups in total. The molecule has 0 amide bonds. The standard InChI is InChI=1S/C19H15F4NO2S/c1-27(25,26)16-5-2-12(3-6-16)14-8-15(10-20)17(9-14)13-4-7-18(24-11-13)19(21,22)23/h2-9,11,14H,10H2,1H3. The molecule has 0 saturated heterocycles. The van der Waals surface area contributed by atoms with E-state index >= 15 is 0 Å². The molecule has 0 aliphatic heterocycles. The second kappa shape index (κ2) is 6.92. The fourth-order valence-electron chi connectivity index (χ4n) is 2.89. The zero-order valence-corrected chi connectivity index (χ0v) is 15.0. The number of aromatic nitrogens is 1. The normalized spacial score (nSPS) is 17.6. The molecule has 1 aliphatic rings. The van der Waals surface area contributed by atoms with E-state index in [1.807, 2.05) is 0 Å². The molecule has 0 saturated carbocycles. The van der Waals surface area contributed by atoms with Crippen molar-refractivity contribution in [3.05, 3.63) is 77.1 Å². The Morgan fingerprint density at radius 2 is 1.70 bits per heavy atom. The van der Waals surface area contributed by atoms with Crippen LogP contribution in [0.2, 0.25) is 0 Å². The second-order valence-electron chi connectivity index (χ2n) is 6.20. The van der Waals surface area contributed by atoms with Gasteiger partial charge in [-0.15, -0.1) is 0 Å². The first-order valence-corrected chi connectivity index (χ1v) is 9.81. The summed E-state index contributed by atoms with van der Waals surface area (Å²) in [6.45, 7) is -0.773. The van der Waals surface area contributed by atoms with Gasteiger partial charge in [0.15, 0.2) is 9.84 Å². The van der Waals surface area contributed by atoms with E-state index in [2.05, 4.69) is 4.98 Å². The lowest BCUT2D eigenvalue weighted by molar-refractivity contribution is -0.141. The molecule has 0 radical (unpaired) electrons. The molecule has 1 atom stereocenters. The largest absolute Gasteiger partial charge is 0.433 e. The summed E-state index contributed by atoms with van der Waals surface area (Å²) in [5.41, 5.74) is 0.971. The van der Waals surface area contributed by atoms with Crippen molar-refractivity contribution < 1.29 is 26.0 Å². The Morgan fingerprint density at radius 3 is 2.19 bits per heavy atom. The van der Waals surface area contributed by atoms with Crippen LogP contribution >= 0.6 is 0 Å². The fourth-order valence-corrected chi connectivity index (χ4v) is 3.52. The number of hydrogen-bond donors (Lipinski definition) is 0. The van der Waals surface area contributed by atoms with Crippen molar-refractivity contribution in [2.24, 2.45) is 0 Å². The zero-order valence-electron chi connectivity index (χ0n) is 14.2. The third kappa shape index (κ3) is 4.10. The van der Waals surface area contributed by atoms with Crippen LogP contribution in [0.5, 0.6) is 0 Å². The van der Waals surface area contributed by atoms with Crippen molar-refractivity contribution in [1.29, 1.82) is 0 Å². The van der Waals surface area contributed by atoms with Crippen LogP contribution in [-0.4, -0.2) is 26.3 Å². The van der Waals surface area contributed by atoms with Gasteiger partial charge in [0, 0.05) is 23.9 Å². The lowest BCUT2D eigenvalue weighted by Gasteiger charge is -2.09. The molecule has 2 aromatic rings. The van der Waals surface area contributed by atoms with Gasteiger partial charge in [0.25, 0.3) is 0 Å². The summed E-state index contributed by atoms with van der Waals surface area (Å²) in [5, 5.41) is 0. The van der Waals surface area contributed by atoms with Crippen LogP contribution in [0.4, 0.5) is 17.6 Å². The number of alkyl halides is 4. The van der Waals surface area contributed by atoms with E-state index in [1.165, 1.54) is 18.2 Å². The molecule has 0 bridgehead atoms. The Labute approximate surface area is 154 Å². The van der Waals surface area contributed by atoms with E-state index in [9.17, 15) is 26.0 Å². The zero-order chi connectivity index (χ0) is 19.8. The van der Waals surface area contributed by atoms with Crippen molar-refractivity contribution in [1.82, 2.24) is 4.98 Å². The monoisotopic (exact) mass is 397 g/mol. The van der Waals surface area contributed by atoms with Crippen molar-refractivity contribution in [3.63, 3.8) is 0 Å². The highest BCUT2D eigenvalue weighted by atomic mass is 32.2. The molecule has 1 aromatic carbocycles. The molecule has 1 unspecified atom stereocenters. The summed E-state index contributed by atoms with van der Waals surface area (Å²) in [7, 11) is -3.32. The SMILES string of the molecule is CS(=O)(=O)c1ccc(C2C=C(CF)C(c3ccc(C(F)(F)F)nc3)=C2)cc1. The number of nitrogens with zero attached hydrogens (tertiary/aromatic N) is 1. The molecule has 1 aromatic heterocycles. The second-order valence-corrected chi connectivity index (χ2v) is 8.22. The molecular formula is C19H15F4NO2S. The minimum absolute atomic E-state index is 0.176. The van der Waals surface area contributed by atoms with Gasteiger partial charge in [0.05, 0.1) is 4.90 Å². The maximum atomic E-state index is 13.4. The first kappa shape index (κ1) is 19.3. The quantitative estimate of drug-likeness (QED) is 0.710. The Kier molecular flexibility index (Phi) is 4.94. The van der Waals surface area contributed by atoms with Gasteiger partial charge in [0.2, 0.25) is 0 Å². The van der Waals surface area contributed by atoms with Crippen LogP contribution in [0.15, 0.2) is 65.2 Å². The van der Waals surface area contributed by atoms with E-state index in [-0.39, 0.29) is 10.8 Å². The molecule has 27 heavy (non-hydrogen) atoms. The van der Waals surface area contributed by atoms with Gasteiger partial charge in [-0.3, -0.25) is 4.98 Å². The summed E-state index contributed by atoms with van der Waals surface area (Å²) in [5.74, 6) is -0.304. The molecular weight excluding hydrogens is 382 g/mol. The van der Waals surface area contributed by atoms with Crippen LogP contribution in [0.1, 0.15) is 22.7 Å². The lowest BCUT2D eigenvalue weighted by Crippen LogP contribution is -2.07. The van der Waals surface area contributed by atoms with Crippen molar-refractivity contribution in [2.75, 3.05) is 12.9 Å². The van der Waals surface area contributed by atoms with Crippen LogP contribution in [-0.2, 0) is 16.0 Å². The van der Waals surface area contributed by atoms with Gasteiger partial charge < -0.3 is 0 Å². The van der Waals surface area contributed by atoms with Crippen molar-refractivity contribution in [3.8, 4) is 0 Å². The molecule has 8 heteroatoms. The van der Waals surface area contributed by atoms with Gasteiger partial charge in [-0.2, -0.15) is 13.2 Å². The van der Waals surface area contributed by atoms with Gasteiger partial charge >= 0.3 is 6.18 Å². The van der Waals surface area contributed by atoms with E-state index in [0.717, 1.165) is 24.1 Å². The molecule has 1 aliphatic carbocycles. The highest BCUT2D eigenvalue weighted by Gasteiger charge is 2.32. The maximum Gasteiger partial charge on any atom is 0.433 e. The molecule has 3 nitrogen and oxygen atoms in total. The van der Waals surface area contributed by atoms with E-state index < -0.39 is 28.4 Å². The third-order valence-corrected chi connectivity index (χ3v) is 5.40. The van der Waals surface area contributed by atoms with Crippen molar-refractivity contribution in [2.45, 2.75) is 17.0 Å². The Bertz CT molecular complexity index is 1010. The minimum Gasteiger partial charge on any atom is -0.251 e. The summed E-state index contributed by atoms with van der Waals surface area (Å²) >= 11 is 0. The number of sulfone groups is 1. The van der Waals surface area contributed by atoms with Crippen LogP contribution in [0, 0.1) is 0 Å². The first-order valence-electron chi connectivity index (χ1n) is 7.92. The van der Waals surface area contributed by atoms with E-state index in [1.54, 1.807) is 24.3 Å². The number of rotatable bonds is 4. The molecule has 142 valence electrons. The number of halogens is 4. The number of pyridine rings is 1. The predicted molar refractivity (Wildman–Crippen MR) is 93.6 cm³/mol. The topological polar surface area (TPSA) is 47.0 Å². The highest BCUT2D eigenvalue weighted by Crippen LogP contribution is 2.38.